The van der Waals surface area contributed by atoms with Crippen molar-refractivity contribution < 1.29 is 34.2 Å². The summed E-state index contributed by atoms with van der Waals surface area (Å²) in [5, 5.41) is 27.0. The van der Waals surface area contributed by atoms with Gasteiger partial charge in [-0.15, -0.1) is 0 Å². The minimum atomic E-state index is -0.959. The van der Waals surface area contributed by atoms with Crippen LogP contribution in [0.15, 0.2) is 12.2 Å². The fourth-order valence-electron chi connectivity index (χ4n) is 3.07. The second-order valence-electron chi connectivity index (χ2n) is 7.15. The van der Waals surface area contributed by atoms with Crippen molar-refractivity contribution in [2.24, 2.45) is 0 Å². The third kappa shape index (κ3) is 14.9. The van der Waals surface area contributed by atoms with Gasteiger partial charge in [-0.2, -0.15) is 0 Å². The van der Waals surface area contributed by atoms with Gasteiger partial charge in [0.1, 0.15) is 0 Å². The molecule has 0 fully saturated rings. The van der Waals surface area contributed by atoms with Crippen LogP contribution in [0.25, 0.3) is 0 Å². The molecule has 27 heavy (non-hydrogen) atoms. The number of hydrogen-bond acceptors (Lipinski definition) is 3. The van der Waals surface area contributed by atoms with E-state index < -0.39 is 17.9 Å². The zero-order valence-electron chi connectivity index (χ0n) is 16.6. The maximum atomic E-state index is 11.0. The number of nitrogens with zero attached hydrogens (tertiary/aromatic N) is 1. The van der Waals surface area contributed by atoms with E-state index >= 15 is 0 Å². The highest BCUT2D eigenvalue weighted by Gasteiger charge is 2.28. The predicted molar refractivity (Wildman–Crippen MR) is 104 cm³/mol. The van der Waals surface area contributed by atoms with E-state index in [1.165, 1.54) is 32.1 Å². The van der Waals surface area contributed by atoms with Gasteiger partial charge in [0.2, 0.25) is 0 Å². The number of carbonyl (C=O) groups is 3. The fourth-order valence-corrected chi connectivity index (χ4v) is 3.07. The lowest BCUT2D eigenvalue weighted by atomic mass is 10.1. The number of unbranched alkanes of at least 4 members (excludes halogenated alkanes) is 6. The quantitative estimate of drug-likeness (QED) is 0.189. The van der Waals surface area contributed by atoms with Crippen molar-refractivity contribution in [3.05, 3.63) is 12.2 Å². The van der Waals surface area contributed by atoms with E-state index in [4.69, 9.17) is 15.3 Å². The largest absolute Gasteiger partial charge is 0.481 e. The molecule has 0 saturated carbocycles. The summed E-state index contributed by atoms with van der Waals surface area (Å²) < 4.78 is 0.178. The lowest BCUT2D eigenvalue weighted by Gasteiger charge is -2.37. The molecular formula is C20H36NO6+. The monoisotopic (exact) mass is 386 g/mol. The van der Waals surface area contributed by atoms with Crippen LogP contribution in [0.1, 0.15) is 71.1 Å². The summed E-state index contributed by atoms with van der Waals surface area (Å²) in [6, 6.07) is 0. The van der Waals surface area contributed by atoms with Gasteiger partial charge in [0.25, 0.3) is 0 Å². The maximum Gasteiger partial charge on any atom is 0.309 e. The smallest absolute Gasteiger partial charge is 0.309 e. The summed E-state index contributed by atoms with van der Waals surface area (Å²) in [7, 11) is 0. The van der Waals surface area contributed by atoms with Crippen LogP contribution in [0.3, 0.4) is 0 Å². The van der Waals surface area contributed by atoms with Gasteiger partial charge in [0.15, 0.2) is 0 Å². The van der Waals surface area contributed by atoms with E-state index in [1.54, 1.807) is 0 Å². The van der Waals surface area contributed by atoms with E-state index in [0.717, 1.165) is 12.8 Å². The molecule has 0 bridgehead atoms. The Balaban J connectivity index is 4.70. The Morgan fingerprint density at radius 2 is 1.15 bits per heavy atom. The average molecular weight is 387 g/mol. The Bertz CT molecular complexity index is 430. The summed E-state index contributed by atoms with van der Waals surface area (Å²) in [6.07, 6.45) is 11.9. The molecule has 7 heteroatoms. The molecule has 0 heterocycles. The fraction of sp³-hybridized carbons (Fsp3) is 0.750. The number of carboxylic acids is 3. The standard InChI is InChI=1S/C20H35NO6/c1-2-3-4-5-6-7-8-9-10-14-21(15-11-18(22)23,16-12-19(24)25)17-13-20(26)27/h9-10H,2-8,11-17H2,1H3,(H2-,22,23,24,25,26,27)/p+1/b10-9+. The molecule has 0 aliphatic carbocycles. The first-order chi connectivity index (χ1) is 12.8. The van der Waals surface area contributed by atoms with Crippen LogP contribution in [-0.4, -0.2) is 63.9 Å². The highest BCUT2D eigenvalue weighted by molar-refractivity contribution is 5.67. The molecule has 0 aromatic heterocycles. The molecule has 0 spiro atoms. The van der Waals surface area contributed by atoms with Crippen LogP contribution >= 0.6 is 0 Å². The first kappa shape index (κ1) is 25.1. The summed E-state index contributed by atoms with van der Waals surface area (Å²) in [5.74, 6) is -2.88. The number of allylic oxidation sites excluding steroid dienone is 1. The number of aliphatic carboxylic acids is 3. The normalized spacial score (nSPS) is 11.7. The number of hydrogen-bond donors (Lipinski definition) is 3. The first-order valence-electron chi connectivity index (χ1n) is 9.97. The summed E-state index contributed by atoms with van der Waals surface area (Å²) >= 11 is 0. The summed E-state index contributed by atoms with van der Waals surface area (Å²) in [6.45, 7) is 3.35. The lowest BCUT2D eigenvalue weighted by molar-refractivity contribution is -0.921. The number of rotatable bonds is 18. The molecule has 0 aliphatic heterocycles. The minimum absolute atomic E-state index is 0.107. The highest BCUT2D eigenvalue weighted by Crippen LogP contribution is 2.14. The first-order valence-corrected chi connectivity index (χ1v) is 9.97. The molecule has 0 saturated heterocycles. The Morgan fingerprint density at radius 1 is 0.704 bits per heavy atom. The zero-order valence-corrected chi connectivity index (χ0v) is 16.6. The second-order valence-corrected chi connectivity index (χ2v) is 7.15. The number of carboxylic acid groups (broad SMARTS) is 3. The summed E-state index contributed by atoms with van der Waals surface area (Å²) in [4.78, 5) is 33.0. The van der Waals surface area contributed by atoms with Gasteiger partial charge in [0.05, 0.1) is 45.4 Å². The van der Waals surface area contributed by atoms with Gasteiger partial charge < -0.3 is 19.8 Å². The molecule has 0 aromatic carbocycles. The van der Waals surface area contributed by atoms with E-state index in [1.807, 2.05) is 6.08 Å². The van der Waals surface area contributed by atoms with E-state index in [-0.39, 0.29) is 43.4 Å². The SMILES string of the molecule is CCCCCCCC/C=C/C[N+](CCC(=O)O)(CCC(=O)O)CCC(=O)O. The lowest BCUT2D eigenvalue weighted by Crippen LogP contribution is -2.51. The summed E-state index contributed by atoms with van der Waals surface area (Å²) in [5.41, 5.74) is 0. The molecule has 0 unspecified atom stereocenters. The van der Waals surface area contributed by atoms with Crippen LogP contribution in [0.5, 0.6) is 0 Å². The van der Waals surface area contributed by atoms with Gasteiger partial charge in [-0.1, -0.05) is 45.1 Å². The minimum Gasteiger partial charge on any atom is -0.481 e. The molecule has 0 aliphatic rings. The van der Waals surface area contributed by atoms with Crippen molar-refractivity contribution in [1.29, 1.82) is 0 Å². The van der Waals surface area contributed by atoms with Gasteiger partial charge in [-0.3, -0.25) is 14.4 Å². The van der Waals surface area contributed by atoms with E-state index in [2.05, 4.69) is 13.0 Å². The average Bonchev–Trinajstić information content (AvgIpc) is 2.61. The van der Waals surface area contributed by atoms with Crippen LogP contribution < -0.4 is 0 Å². The molecule has 0 radical (unpaired) electrons. The van der Waals surface area contributed by atoms with Gasteiger partial charge >= 0.3 is 17.9 Å². The van der Waals surface area contributed by atoms with Crippen molar-refractivity contribution >= 4 is 17.9 Å². The predicted octanol–water partition coefficient (Wildman–Crippen LogP) is 3.53. The maximum absolute atomic E-state index is 11.0. The second kappa shape index (κ2) is 15.2. The van der Waals surface area contributed by atoms with Crippen molar-refractivity contribution in [1.82, 2.24) is 0 Å². The van der Waals surface area contributed by atoms with Crippen molar-refractivity contribution in [3.8, 4) is 0 Å². The third-order valence-electron chi connectivity index (χ3n) is 4.78. The molecule has 7 nitrogen and oxygen atoms in total. The van der Waals surface area contributed by atoms with Crippen LogP contribution in [0.4, 0.5) is 0 Å². The molecule has 0 aromatic rings. The van der Waals surface area contributed by atoms with Crippen molar-refractivity contribution in [2.75, 3.05) is 26.2 Å². The highest BCUT2D eigenvalue weighted by atomic mass is 16.4. The van der Waals surface area contributed by atoms with Crippen molar-refractivity contribution in [3.63, 3.8) is 0 Å². The van der Waals surface area contributed by atoms with Crippen LogP contribution in [0.2, 0.25) is 0 Å². The van der Waals surface area contributed by atoms with E-state index in [0.29, 0.717) is 6.54 Å². The third-order valence-corrected chi connectivity index (χ3v) is 4.78. The van der Waals surface area contributed by atoms with Gasteiger partial charge in [-0.05, 0) is 18.9 Å². The molecule has 156 valence electrons. The number of quaternary nitrogens is 1. The van der Waals surface area contributed by atoms with Gasteiger partial charge in [-0.25, -0.2) is 0 Å². The van der Waals surface area contributed by atoms with E-state index in [9.17, 15) is 14.4 Å². The molecule has 0 atom stereocenters. The molecule has 0 amide bonds. The Hall–Kier alpha value is -1.89. The Kier molecular flexibility index (Phi) is 14.1. The van der Waals surface area contributed by atoms with Crippen LogP contribution in [-0.2, 0) is 14.4 Å². The van der Waals surface area contributed by atoms with Crippen LogP contribution in [0, 0.1) is 0 Å². The van der Waals surface area contributed by atoms with Crippen molar-refractivity contribution in [2.45, 2.75) is 71.1 Å². The Labute approximate surface area is 162 Å². The molecule has 3 N–H and O–H groups in total. The molecular weight excluding hydrogens is 350 g/mol. The molecule has 0 rings (SSSR count). The Morgan fingerprint density at radius 3 is 1.59 bits per heavy atom. The zero-order chi connectivity index (χ0) is 20.5. The topological polar surface area (TPSA) is 112 Å². The van der Waals surface area contributed by atoms with Gasteiger partial charge in [0, 0.05) is 0 Å².